The molecule has 0 aromatic carbocycles. The zero-order chi connectivity index (χ0) is 27.8. The van der Waals surface area contributed by atoms with Crippen molar-refractivity contribution in [1.29, 1.82) is 0 Å². The summed E-state index contributed by atoms with van der Waals surface area (Å²) in [5, 5.41) is 22.0. The molecule has 5 aliphatic carbocycles. The molecule has 0 heterocycles. The van der Waals surface area contributed by atoms with Crippen molar-refractivity contribution in [2.75, 3.05) is 0 Å². The predicted octanol–water partition coefficient (Wildman–Crippen LogP) is 5.46. The molecule has 3 saturated carbocycles. The highest BCUT2D eigenvalue weighted by Crippen LogP contribution is 2.71. The van der Waals surface area contributed by atoms with Gasteiger partial charge in [-0.25, -0.2) is 18.4 Å². The number of hydrogen-bond donors (Lipinski definition) is 2. The van der Waals surface area contributed by atoms with Gasteiger partial charge in [0, 0.05) is 35.5 Å². The maximum Gasteiger partial charge on any atom is 0.509 e. The number of allylic oxidation sites excluding steroid dienone is 4. The molecule has 38 heavy (non-hydrogen) atoms. The van der Waals surface area contributed by atoms with Crippen molar-refractivity contribution in [2.24, 2.45) is 34.5 Å². The standard InChI is InChI=1S/C29H38F2O7/c1-15-7-5-6-8-22(15)37-25(36)38-29(24(34)35)16(2)11-18-19-13-21(30)20-12-17(32)9-10-26(20,3)28(19,31)23(33)14-27(18,29)4/h9-10,15-16,18-19,22-23,33H,5-8,11-14H2,1-4H3,(H,34,35)/t15-,16-,18+,19+,22+,23+,26+,27+,28+,29+/m1/s1. The highest BCUT2D eigenvalue weighted by molar-refractivity contribution is 5.93. The van der Waals surface area contributed by atoms with Crippen LogP contribution >= 0.6 is 0 Å². The van der Waals surface area contributed by atoms with Gasteiger partial charge in [0.15, 0.2) is 11.5 Å². The average Bonchev–Trinajstić information content (AvgIpc) is 3.06. The second-order valence-electron chi connectivity index (χ2n) is 12.8. The first-order valence-electron chi connectivity index (χ1n) is 13.8. The molecular weight excluding hydrogens is 498 g/mol. The topological polar surface area (TPSA) is 110 Å². The maximum absolute atomic E-state index is 17.3. The number of carbonyl (C=O) groups excluding carboxylic acids is 2. The van der Waals surface area contributed by atoms with Crippen LogP contribution in [0.2, 0.25) is 0 Å². The molecule has 0 spiro atoms. The highest BCUT2D eigenvalue weighted by Gasteiger charge is 2.78. The Morgan fingerprint density at radius 1 is 1.13 bits per heavy atom. The molecule has 210 valence electrons. The smallest absolute Gasteiger partial charge is 0.478 e. The molecule has 0 bridgehead atoms. The molecule has 0 radical (unpaired) electrons. The molecule has 10 atom stereocenters. The van der Waals surface area contributed by atoms with Crippen molar-refractivity contribution < 1.29 is 42.9 Å². The minimum absolute atomic E-state index is 0.0448. The van der Waals surface area contributed by atoms with Crippen molar-refractivity contribution in [3.63, 3.8) is 0 Å². The fourth-order valence-electron chi connectivity index (χ4n) is 8.95. The van der Waals surface area contributed by atoms with Crippen LogP contribution in [0.15, 0.2) is 23.6 Å². The number of hydrogen-bond acceptors (Lipinski definition) is 6. The SMILES string of the molecule is C[C@@H]1CCCC[C@@H]1OC(=O)O[C@]1(C(=O)O)[C@H](C)C[C@H]2[C@@H]3CC(F)=C4CC(=O)C=C[C@]4(C)[C@@]3(F)[C@@H](O)C[C@@]21C. The van der Waals surface area contributed by atoms with Gasteiger partial charge in [0.05, 0.1) is 6.10 Å². The summed E-state index contributed by atoms with van der Waals surface area (Å²) in [5.74, 6) is -4.72. The Morgan fingerprint density at radius 2 is 1.82 bits per heavy atom. The van der Waals surface area contributed by atoms with E-state index >= 15 is 8.78 Å². The van der Waals surface area contributed by atoms with Crippen LogP contribution in [0.5, 0.6) is 0 Å². The molecule has 0 aliphatic heterocycles. The number of rotatable bonds is 3. The van der Waals surface area contributed by atoms with Gasteiger partial charge >= 0.3 is 12.1 Å². The summed E-state index contributed by atoms with van der Waals surface area (Å²) in [6.45, 7) is 6.73. The first-order chi connectivity index (χ1) is 17.7. The summed E-state index contributed by atoms with van der Waals surface area (Å²) < 4.78 is 44.3. The van der Waals surface area contributed by atoms with Gasteiger partial charge in [-0.1, -0.05) is 33.3 Å². The summed E-state index contributed by atoms with van der Waals surface area (Å²) in [6.07, 6.45) is 2.20. The van der Waals surface area contributed by atoms with E-state index in [4.69, 9.17) is 9.47 Å². The van der Waals surface area contributed by atoms with Crippen LogP contribution in [0.3, 0.4) is 0 Å². The number of ether oxygens (including phenoxy) is 2. The Labute approximate surface area is 221 Å². The van der Waals surface area contributed by atoms with Gasteiger partial charge in [0.1, 0.15) is 11.9 Å². The van der Waals surface area contributed by atoms with E-state index < -0.39 is 63.9 Å². The van der Waals surface area contributed by atoms with Crippen molar-refractivity contribution in [3.8, 4) is 0 Å². The molecule has 5 aliphatic rings. The summed E-state index contributed by atoms with van der Waals surface area (Å²) in [5.41, 5.74) is -7.32. The van der Waals surface area contributed by atoms with Gasteiger partial charge in [-0.3, -0.25) is 4.79 Å². The number of alkyl halides is 1. The Hall–Kier alpha value is -2.29. The molecule has 0 aromatic rings. The summed E-state index contributed by atoms with van der Waals surface area (Å²) in [6, 6.07) is 0. The van der Waals surface area contributed by atoms with E-state index in [1.807, 2.05) is 6.92 Å². The van der Waals surface area contributed by atoms with Crippen LogP contribution in [0, 0.1) is 34.5 Å². The van der Waals surface area contributed by atoms with Crippen LogP contribution in [0.4, 0.5) is 13.6 Å². The van der Waals surface area contributed by atoms with Crippen LogP contribution in [-0.2, 0) is 19.1 Å². The quantitative estimate of drug-likeness (QED) is 0.461. The third-order valence-electron chi connectivity index (χ3n) is 11.0. The third kappa shape index (κ3) is 3.42. The van der Waals surface area contributed by atoms with Crippen LogP contribution in [0.25, 0.3) is 0 Å². The number of aliphatic carboxylic acids is 1. The molecule has 0 unspecified atom stereocenters. The second-order valence-corrected chi connectivity index (χ2v) is 12.8. The first kappa shape index (κ1) is 27.3. The first-order valence-corrected chi connectivity index (χ1v) is 13.8. The van der Waals surface area contributed by atoms with Gasteiger partial charge in [0.25, 0.3) is 0 Å². The molecule has 0 aromatic heterocycles. The van der Waals surface area contributed by atoms with Crippen LogP contribution in [0.1, 0.15) is 79.1 Å². The zero-order valence-electron chi connectivity index (χ0n) is 22.5. The van der Waals surface area contributed by atoms with Gasteiger partial charge in [-0.15, -0.1) is 0 Å². The fourth-order valence-corrected chi connectivity index (χ4v) is 8.95. The normalized spacial score (nSPS) is 48.1. The molecule has 2 N–H and O–H groups in total. The maximum atomic E-state index is 17.3. The summed E-state index contributed by atoms with van der Waals surface area (Å²) in [4.78, 5) is 38.1. The monoisotopic (exact) mass is 536 g/mol. The lowest BCUT2D eigenvalue weighted by atomic mass is 9.45. The van der Waals surface area contributed by atoms with E-state index in [9.17, 15) is 24.6 Å². The summed E-state index contributed by atoms with van der Waals surface area (Å²) >= 11 is 0. The molecule has 3 fully saturated rings. The molecule has 5 rings (SSSR count). The molecule has 0 saturated heterocycles. The van der Waals surface area contributed by atoms with Crippen molar-refractivity contribution in [2.45, 2.75) is 103 Å². The minimum Gasteiger partial charge on any atom is -0.478 e. The largest absolute Gasteiger partial charge is 0.509 e. The zero-order valence-corrected chi connectivity index (χ0v) is 22.5. The van der Waals surface area contributed by atoms with Gasteiger partial charge < -0.3 is 19.7 Å². The van der Waals surface area contributed by atoms with E-state index in [0.29, 0.717) is 6.42 Å². The van der Waals surface area contributed by atoms with E-state index in [-0.39, 0.29) is 49.1 Å². The number of carbonyl (C=O) groups is 3. The lowest BCUT2D eigenvalue weighted by Gasteiger charge is -2.61. The molecule has 7 nitrogen and oxygen atoms in total. The highest BCUT2D eigenvalue weighted by atomic mass is 19.1. The predicted molar refractivity (Wildman–Crippen MR) is 132 cm³/mol. The number of carboxylic acids is 1. The minimum atomic E-state index is -2.33. The van der Waals surface area contributed by atoms with Crippen molar-refractivity contribution >= 4 is 17.9 Å². The summed E-state index contributed by atoms with van der Waals surface area (Å²) in [7, 11) is 0. The van der Waals surface area contributed by atoms with Crippen LogP contribution in [-0.4, -0.2) is 51.6 Å². The Balaban J connectivity index is 1.53. The molecule has 9 heteroatoms. The number of aliphatic hydroxyl groups is 1. The van der Waals surface area contributed by atoms with E-state index in [1.54, 1.807) is 13.8 Å². The fraction of sp³-hybridized carbons (Fsp3) is 0.759. The number of ketones is 1. The van der Waals surface area contributed by atoms with E-state index in [1.165, 1.54) is 19.1 Å². The van der Waals surface area contributed by atoms with E-state index in [0.717, 1.165) is 19.3 Å². The van der Waals surface area contributed by atoms with Gasteiger partial charge in [-0.05, 0) is 62.5 Å². The third-order valence-corrected chi connectivity index (χ3v) is 11.0. The second kappa shape index (κ2) is 8.86. The lowest BCUT2D eigenvalue weighted by Crippen LogP contribution is -2.69. The van der Waals surface area contributed by atoms with Gasteiger partial charge in [-0.2, -0.15) is 0 Å². The van der Waals surface area contributed by atoms with Gasteiger partial charge in [0.2, 0.25) is 5.60 Å². The Kier molecular flexibility index (Phi) is 6.36. The lowest BCUT2D eigenvalue weighted by molar-refractivity contribution is -0.227. The Bertz CT molecular complexity index is 1120. The number of carboxylic acid groups (broad SMARTS) is 1. The molecule has 0 amide bonds. The molecular formula is C29H38F2O7. The number of fused-ring (bicyclic) bond motifs is 5. The Morgan fingerprint density at radius 3 is 2.47 bits per heavy atom. The van der Waals surface area contributed by atoms with Crippen LogP contribution < -0.4 is 0 Å². The van der Waals surface area contributed by atoms with Crippen molar-refractivity contribution in [1.82, 2.24) is 0 Å². The number of aliphatic hydroxyl groups excluding tert-OH is 1. The average molecular weight is 537 g/mol. The van der Waals surface area contributed by atoms with Crippen molar-refractivity contribution in [3.05, 3.63) is 23.6 Å². The van der Waals surface area contributed by atoms with E-state index in [2.05, 4.69) is 0 Å². The number of halogens is 2.